The second-order valence-electron chi connectivity index (χ2n) is 14.8. The molecule has 12 rings (SSSR count). The molecule has 8 aromatic carbocycles. The molecule has 0 atom stereocenters. The molecule has 2 heterocycles. The molecule has 0 unspecified atom stereocenters. The van der Waals surface area contributed by atoms with E-state index >= 15 is 0 Å². The van der Waals surface area contributed by atoms with Gasteiger partial charge < -0.3 is 4.42 Å². The van der Waals surface area contributed by atoms with Crippen LogP contribution < -0.4 is 10.4 Å². The average Bonchev–Trinajstić information content (AvgIpc) is 3.82. The van der Waals surface area contributed by atoms with E-state index in [1.165, 1.54) is 107 Å². The van der Waals surface area contributed by atoms with E-state index in [9.17, 15) is 0 Å². The fourth-order valence-corrected chi connectivity index (χ4v) is 10.9. The van der Waals surface area contributed by atoms with Gasteiger partial charge in [-0.05, 0) is 115 Å². The summed E-state index contributed by atoms with van der Waals surface area (Å²) in [4.78, 5) is 0. The highest BCUT2D eigenvalue weighted by atomic mass is 32.1. The van der Waals surface area contributed by atoms with Crippen molar-refractivity contribution in [2.45, 2.75) is 25.7 Å². The van der Waals surface area contributed by atoms with Crippen molar-refractivity contribution in [2.75, 3.05) is 0 Å². The number of aryl methyl sites for hydroxylation is 1. The van der Waals surface area contributed by atoms with E-state index in [0.29, 0.717) is 0 Å². The van der Waals surface area contributed by atoms with Gasteiger partial charge >= 0.3 is 0 Å². The molecule has 54 heavy (non-hydrogen) atoms. The number of allylic oxidation sites excluding steroid dienone is 1. The maximum Gasteiger partial charge on any atom is 0.144 e. The van der Waals surface area contributed by atoms with E-state index in [2.05, 4.69) is 158 Å². The van der Waals surface area contributed by atoms with Crippen molar-refractivity contribution in [1.82, 2.24) is 0 Å². The van der Waals surface area contributed by atoms with Gasteiger partial charge in [0, 0.05) is 36.5 Å². The first-order valence-electron chi connectivity index (χ1n) is 19.1. The molecule has 0 N–H and O–H groups in total. The highest BCUT2D eigenvalue weighted by Crippen LogP contribution is 2.48. The van der Waals surface area contributed by atoms with Crippen LogP contribution in [0.3, 0.4) is 0 Å². The van der Waals surface area contributed by atoms with Gasteiger partial charge in [0.05, 0.1) is 0 Å². The fourth-order valence-electron chi connectivity index (χ4n) is 9.65. The van der Waals surface area contributed by atoms with Crippen molar-refractivity contribution >= 4 is 93.0 Å². The van der Waals surface area contributed by atoms with Crippen LogP contribution in [-0.2, 0) is 6.42 Å². The van der Waals surface area contributed by atoms with Crippen molar-refractivity contribution in [1.29, 1.82) is 0 Å². The van der Waals surface area contributed by atoms with Crippen LogP contribution in [0.1, 0.15) is 30.6 Å². The third kappa shape index (κ3) is 4.26. The molecular weight excluding hydrogens is 673 g/mol. The van der Waals surface area contributed by atoms with E-state index < -0.39 is 0 Å². The molecule has 0 aliphatic heterocycles. The summed E-state index contributed by atoms with van der Waals surface area (Å²) >= 11 is 1.92. The van der Waals surface area contributed by atoms with Crippen LogP contribution >= 0.6 is 11.3 Å². The molecule has 2 aliphatic carbocycles. The zero-order valence-electron chi connectivity index (χ0n) is 29.7. The fraction of sp³-hybridized carbons (Fsp3) is 0.0769. The first-order chi connectivity index (χ1) is 26.8. The number of hydrogen-bond acceptors (Lipinski definition) is 2. The van der Waals surface area contributed by atoms with E-state index in [0.717, 1.165) is 37.0 Å². The van der Waals surface area contributed by atoms with Gasteiger partial charge in [-0.2, -0.15) is 0 Å². The Bertz CT molecular complexity index is 3370. The van der Waals surface area contributed by atoms with Crippen LogP contribution in [0.2, 0.25) is 0 Å². The lowest BCUT2D eigenvalue weighted by Gasteiger charge is -2.19. The lowest BCUT2D eigenvalue weighted by atomic mass is 9.84. The second-order valence-corrected chi connectivity index (χ2v) is 15.9. The normalized spacial score (nSPS) is 13.9. The van der Waals surface area contributed by atoms with Crippen molar-refractivity contribution in [3.8, 4) is 33.4 Å². The average molecular weight is 707 g/mol. The number of thiophene rings is 1. The standard InChI is InChI=1S/C52H34OS/c1-2-14-31(15-3-1)33-27-28-41(35-17-5-4-16-34(33)35)48-38-20-8-6-18-36(38)47(37-19-7-9-21-39(37)48)32-26-29-46-44(30-32)49-40-22-10-11-23-42(40)51-50(52(49)54-46)43-24-12-13-25-45(43)53-51/h1-6,8,10-11,13-23,25-30H,7,9,12,24H2. The Balaban J connectivity index is 1.16. The number of rotatable bonds is 3. The highest BCUT2D eigenvalue weighted by molar-refractivity contribution is 7.27. The summed E-state index contributed by atoms with van der Waals surface area (Å²) in [6, 6.07) is 49.7. The van der Waals surface area contributed by atoms with Gasteiger partial charge in [0.2, 0.25) is 0 Å². The van der Waals surface area contributed by atoms with Crippen LogP contribution in [0.5, 0.6) is 0 Å². The molecule has 2 aromatic heterocycles. The zero-order valence-corrected chi connectivity index (χ0v) is 30.5. The van der Waals surface area contributed by atoms with Crippen molar-refractivity contribution in [3.63, 3.8) is 0 Å². The molecule has 0 fully saturated rings. The molecule has 2 aliphatic rings. The van der Waals surface area contributed by atoms with Gasteiger partial charge in [-0.3, -0.25) is 0 Å². The van der Waals surface area contributed by atoms with Crippen LogP contribution in [0.4, 0.5) is 0 Å². The zero-order chi connectivity index (χ0) is 35.3. The van der Waals surface area contributed by atoms with Gasteiger partial charge in [0.25, 0.3) is 0 Å². The maximum atomic E-state index is 6.63. The van der Waals surface area contributed by atoms with Crippen molar-refractivity contribution in [3.05, 3.63) is 161 Å². The minimum absolute atomic E-state index is 1.02. The molecule has 254 valence electrons. The van der Waals surface area contributed by atoms with E-state index in [1.54, 1.807) is 0 Å². The largest absolute Gasteiger partial charge is 0.456 e. The summed E-state index contributed by atoms with van der Waals surface area (Å²) in [5.74, 6) is 1.03. The molecule has 0 spiro atoms. The van der Waals surface area contributed by atoms with Gasteiger partial charge in [-0.1, -0.05) is 140 Å². The van der Waals surface area contributed by atoms with Gasteiger partial charge in [0.1, 0.15) is 11.3 Å². The topological polar surface area (TPSA) is 13.1 Å². The lowest BCUT2D eigenvalue weighted by Crippen LogP contribution is -2.31. The SMILES string of the molecule is C1=Cc2oc3c4ccccc4c4c5cc(-c6c7c(c(-c8ccc(-c9ccccc9)c9ccccc89)c8ccccc68)=CCCC=7)ccc5sc4c3c2CC1. The van der Waals surface area contributed by atoms with E-state index in [-0.39, 0.29) is 0 Å². The first kappa shape index (κ1) is 30.3. The summed E-state index contributed by atoms with van der Waals surface area (Å²) < 4.78 is 9.30. The second kappa shape index (κ2) is 11.6. The number of hydrogen-bond donors (Lipinski definition) is 0. The Hall–Kier alpha value is -6.22. The molecule has 0 amide bonds. The van der Waals surface area contributed by atoms with Crippen LogP contribution in [0.15, 0.2) is 144 Å². The Morgan fingerprint density at radius 1 is 0.481 bits per heavy atom. The Kier molecular flexibility index (Phi) is 6.52. The quantitative estimate of drug-likeness (QED) is 0.178. The summed E-state index contributed by atoms with van der Waals surface area (Å²) in [6.07, 6.45) is 13.6. The molecule has 10 aromatic rings. The van der Waals surface area contributed by atoms with Gasteiger partial charge in [-0.25, -0.2) is 0 Å². The molecule has 1 nitrogen and oxygen atoms in total. The minimum Gasteiger partial charge on any atom is -0.456 e. The minimum atomic E-state index is 1.02. The third-order valence-corrected chi connectivity index (χ3v) is 13.1. The summed E-state index contributed by atoms with van der Waals surface area (Å²) in [6.45, 7) is 0. The molecule has 0 radical (unpaired) electrons. The maximum absolute atomic E-state index is 6.63. The first-order valence-corrected chi connectivity index (χ1v) is 20.0. The summed E-state index contributed by atoms with van der Waals surface area (Å²) in [5.41, 5.74) is 10.2. The number of fused-ring (bicyclic) bond motifs is 13. The Morgan fingerprint density at radius 3 is 1.93 bits per heavy atom. The van der Waals surface area contributed by atoms with E-state index in [4.69, 9.17) is 4.42 Å². The van der Waals surface area contributed by atoms with Crippen molar-refractivity contribution in [2.24, 2.45) is 0 Å². The van der Waals surface area contributed by atoms with Crippen LogP contribution in [-0.4, -0.2) is 0 Å². The Labute approximate surface area is 316 Å². The number of furan rings is 1. The molecular formula is C52H34OS. The van der Waals surface area contributed by atoms with Gasteiger partial charge in [0.15, 0.2) is 0 Å². The monoisotopic (exact) mass is 706 g/mol. The van der Waals surface area contributed by atoms with Crippen LogP contribution in [0.25, 0.3) is 115 Å². The third-order valence-electron chi connectivity index (χ3n) is 11.9. The molecule has 0 saturated carbocycles. The molecule has 2 heteroatoms. The van der Waals surface area contributed by atoms with Crippen molar-refractivity contribution < 1.29 is 4.42 Å². The summed E-state index contributed by atoms with van der Waals surface area (Å²) in [5, 5.41) is 14.4. The van der Waals surface area contributed by atoms with E-state index in [1.807, 2.05) is 11.3 Å². The van der Waals surface area contributed by atoms with Crippen LogP contribution in [0, 0.1) is 0 Å². The number of benzene rings is 8. The molecule has 0 saturated heterocycles. The Morgan fingerprint density at radius 2 is 1.13 bits per heavy atom. The highest BCUT2D eigenvalue weighted by Gasteiger charge is 2.24. The predicted octanol–water partition coefficient (Wildman–Crippen LogP) is 13.6. The predicted molar refractivity (Wildman–Crippen MR) is 233 cm³/mol. The summed E-state index contributed by atoms with van der Waals surface area (Å²) in [7, 11) is 0. The molecule has 0 bridgehead atoms. The van der Waals surface area contributed by atoms with Gasteiger partial charge in [-0.15, -0.1) is 11.3 Å². The smallest absolute Gasteiger partial charge is 0.144 e. The lowest BCUT2D eigenvalue weighted by molar-refractivity contribution is 0.598.